The third kappa shape index (κ3) is 3.00. The molecule has 0 bridgehead atoms. The first kappa shape index (κ1) is 13.3. The number of thiophene rings is 1. The van der Waals surface area contributed by atoms with Crippen LogP contribution in [0.4, 0.5) is 5.69 Å². The van der Waals surface area contributed by atoms with E-state index in [2.05, 4.69) is 5.32 Å². The molecule has 0 aliphatic rings. The van der Waals surface area contributed by atoms with Crippen LogP contribution in [-0.2, 0) is 0 Å². The van der Waals surface area contributed by atoms with Gasteiger partial charge in [0.05, 0.1) is 17.7 Å². The molecule has 0 radical (unpaired) electrons. The Morgan fingerprint density at radius 2 is 2.05 bits per heavy atom. The van der Waals surface area contributed by atoms with E-state index in [4.69, 9.17) is 4.74 Å². The van der Waals surface area contributed by atoms with E-state index in [1.54, 1.807) is 30.3 Å². The fourth-order valence-electron chi connectivity index (χ4n) is 1.64. The zero-order valence-corrected chi connectivity index (χ0v) is 11.4. The van der Waals surface area contributed by atoms with E-state index in [1.807, 2.05) is 5.38 Å². The largest absolute Gasteiger partial charge is 0.497 e. The summed E-state index contributed by atoms with van der Waals surface area (Å²) in [6, 6.07) is 8.53. The van der Waals surface area contributed by atoms with Crippen molar-refractivity contribution in [1.29, 1.82) is 0 Å². The van der Waals surface area contributed by atoms with Crippen LogP contribution in [-0.4, -0.2) is 18.8 Å². The molecule has 2 aromatic rings. The lowest BCUT2D eigenvalue weighted by Crippen LogP contribution is -2.13. The summed E-state index contributed by atoms with van der Waals surface area (Å²) >= 11 is 1.35. The van der Waals surface area contributed by atoms with Gasteiger partial charge in [0.15, 0.2) is 5.78 Å². The van der Waals surface area contributed by atoms with E-state index >= 15 is 0 Å². The number of carbonyl (C=O) groups excluding carboxylic acids is 2. The molecule has 0 aliphatic heterocycles. The van der Waals surface area contributed by atoms with Crippen molar-refractivity contribution in [2.75, 3.05) is 12.4 Å². The molecule has 2 rings (SSSR count). The summed E-state index contributed by atoms with van der Waals surface area (Å²) in [5.41, 5.74) is 0.927. The first-order valence-electron chi connectivity index (χ1n) is 5.65. The lowest BCUT2D eigenvalue weighted by atomic mass is 10.1. The first-order chi connectivity index (χ1) is 9.11. The normalized spacial score (nSPS) is 10.0. The minimum absolute atomic E-state index is 0.125. The number of Topliss-reactive ketones (excluding diaryl/α,β-unsaturated/α-hetero) is 1. The van der Waals surface area contributed by atoms with Crippen LogP contribution >= 0.6 is 11.3 Å². The maximum atomic E-state index is 12.0. The smallest absolute Gasteiger partial charge is 0.265 e. The van der Waals surface area contributed by atoms with Crippen LogP contribution in [0, 0.1) is 0 Å². The zero-order valence-electron chi connectivity index (χ0n) is 10.6. The minimum atomic E-state index is -0.220. The quantitative estimate of drug-likeness (QED) is 0.872. The Labute approximate surface area is 115 Å². The van der Waals surface area contributed by atoms with Gasteiger partial charge in [0.1, 0.15) is 5.75 Å². The van der Waals surface area contributed by atoms with Gasteiger partial charge in [0, 0.05) is 5.56 Å². The van der Waals surface area contributed by atoms with Gasteiger partial charge in [-0.05, 0) is 36.6 Å². The fraction of sp³-hybridized carbons (Fsp3) is 0.143. The maximum Gasteiger partial charge on any atom is 0.265 e. The molecule has 0 aliphatic carbocycles. The summed E-state index contributed by atoms with van der Waals surface area (Å²) in [6.07, 6.45) is 0. The monoisotopic (exact) mass is 275 g/mol. The van der Waals surface area contributed by atoms with Gasteiger partial charge in [-0.3, -0.25) is 9.59 Å². The predicted molar refractivity (Wildman–Crippen MR) is 75.3 cm³/mol. The molecular weight excluding hydrogens is 262 g/mol. The molecular formula is C14H13NO3S. The third-order valence-electron chi connectivity index (χ3n) is 2.60. The number of amides is 1. The lowest BCUT2D eigenvalue weighted by Gasteiger charge is -2.10. The number of hydrogen-bond acceptors (Lipinski definition) is 4. The van der Waals surface area contributed by atoms with Crippen molar-refractivity contribution in [2.45, 2.75) is 6.92 Å². The average molecular weight is 275 g/mol. The van der Waals surface area contributed by atoms with Gasteiger partial charge in [0.25, 0.3) is 5.91 Å². The molecule has 0 atom stereocenters. The van der Waals surface area contributed by atoms with Crippen molar-refractivity contribution < 1.29 is 14.3 Å². The number of hydrogen-bond donors (Lipinski definition) is 1. The second kappa shape index (κ2) is 5.67. The Hall–Kier alpha value is -2.14. The highest BCUT2D eigenvalue weighted by molar-refractivity contribution is 7.12. The number of ether oxygens (including phenoxy) is 1. The Morgan fingerprint density at radius 1 is 1.26 bits per heavy atom. The number of nitrogens with one attached hydrogen (secondary N) is 1. The van der Waals surface area contributed by atoms with Gasteiger partial charge in [-0.2, -0.15) is 0 Å². The first-order valence-corrected chi connectivity index (χ1v) is 6.53. The van der Waals surface area contributed by atoms with Gasteiger partial charge >= 0.3 is 0 Å². The molecule has 1 aromatic carbocycles. The van der Waals surface area contributed by atoms with Gasteiger partial charge in [-0.15, -0.1) is 11.3 Å². The molecule has 1 N–H and O–H groups in total. The number of ketones is 1. The second-order valence-electron chi connectivity index (χ2n) is 3.90. The number of carbonyl (C=O) groups is 2. The number of benzene rings is 1. The molecule has 4 nitrogen and oxygen atoms in total. The molecule has 0 saturated heterocycles. The lowest BCUT2D eigenvalue weighted by molar-refractivity contribution is 0.101. The SMILES string of the molecule is COc1ccc(NC(=O)c2cccs2)c(C(C)=O)c1. The van der Waals surface area contributed by atoms with Crippen molar-refractivity contribution in [3.05, 3.63) is 46.2 Å². The van der Waals surface area contributed by atoms with E-state index in [9.17, 15) is 9.59 Å². The van der Waals surface area contributed by atoms with Crippen LogP contribution < -0.4 is 10.1 Å². The molecule has 19 heavy (non-hydrogen) atoms. The van der Waals surface area contributed by atoms with Crippen LogP contribution in [0.2, 0.25) is 0 Å². The van der Waals surface area contributed by atoms with Crippen molar-refractivity contribution in [3.63, 3.8) is 0 Å². The van der Waals surface area contributed by atoms with E-state index in [1.165, 1.54) is 25.4 Å². The standard InChI is InChI=1S/C14H13NO3S/c1-9(16)11-8-10(18-2)5-6-12(11)15-14(17)13-4-3-7-19-13/h3-8H,1-2H3,(H,15,17). The van der Waals surface area contributed by atoms with Gasteiger partial charge in [-0.1, -0.05) is 6.07 Å². The highest BCUT2D eigenvalue weighted by atomic mass is 32.1. The summed E-state index contributed by atoms with van der Waals surface area (Å²) in [4.78, 5) is 24.2. The Kier molecular flexibility index (Phi) is 3.97. The Balaban J connectivity index is 2.29. The average Bonchev–Trinajstić information content (AvgIpc) is 2.92. The van der Waals surface area contributed by atoms with Crippen molar-refractivity contribution >= 4 is 28.7 Å². The van der Waals surface area contributed by atoms with Gasteiger partial charge in [-0.25, -0.2) is 0 Å². The van der Waals surface area contributed by atoms with Crippen molar-refractivity contribution in [2.24, 2.45) is 0 Å². The maximum absolute atomic E-state index is 12.0. The molecule has 0 fully saturated rings. The Bertz CT molecular complexity index is 605. The molecule has 0 unspecified atom stereocenters. The third-order valence-corrected chi connectivity index (χ3v) is 3.47. The van der Waals surface area contributed by atoms with Crippen LogP contribution in [0.5, 0.6) is 5.75 Å². The molecule has 1 amide bonds. The summed E-state index contributed by atoms with van der Waals surface area (Å²) in [5.74, 6) is 0.238. The highest BCUT2D eigenvalue weighted by Crippen LogP contribution is 2.23. The van der Waals surface area contributed by atoms with Crippen LogP contribution in [0.1, 0.15) is 27.0 Å². The highest BCUT2D eigenvalue weighted by Gasteiger charge is 2.13. The Morgan fingerprint density at radius 3 is 2.63 bits per heavy atom. The van der Waals surface area contributed by atoms with Crippen molar-refractivity contribution in [1.82, 2.24) is 0 Å². The topological polar surface area (TPSA) is 55.4 Å². The zero-order chi connectivity index (χ0) is 13.8. The summed E-state index contributed by atoms with van der Waals surface area (Å²) < 4.78 is 5.07. The predicted octanol–water partition coefficient (Wildman–Crippen LogP) is 3.21. The molecule has 0 saturated carbocycles. The summed E-state index contributed by atoms with van der Waals surface area (Å²) in [5, 5.41) is 4.57. The molecule has 1 heterocycles. The molecule has 0 spiro atoms. The molecule has 5 heteroatoms. The fourth-order valence-corrected chi connectivity index (χ4v) is 2.26. The minimum Gasteiger partial charge on any atom is -0.497 e. The van der Waals surface area contributed by atoms with E-state index in [-0.39, 0.29) is 11.7 Å². The number of rotatable bonds is 4. The summed E-state index contributed by atoms with van der Waals surface area (Å²) in [6.45, 7) is 1.45. The van der Waals surface area contributed by atoms with Gasteiger partial charge < -0.3 is 10.1 Å². The van der Waals surface area contributed by atoms with Gasteiger partial charge in [0.2, 0.25) is 0 Å². The number of methoxy groups -OCH3 is 1. The second-order valence-corrected chi connectivity index (χ2v) is 4.85. The van der Waals surface area contributed by atoms with Crippen LogP contribution in [0.25, 0.3) is 0 Å². The van der Waals surface area contributed by atoms with Crippen LogP contribution in [0.3, 0.4) is 0 Å². The molecule has 98 valence electrons. The van der Waals surface area contributed by atoms with Crippen LogP contribution in [0.15, 0.2) is 35.7 Å². The number of anilines is 1. The van der Waals surface area contributed by atoms with E-state index < -0.39 is 0 Å². The van der Waals surface area contributed by atoms with Crippen molar-refractivity contribution in [3.8, 4) is 5.75 Å². The molecule has 1 aromatic heterocycles. The summed E-state index contributed by atoms with van der Waals surface area (Å²) in [7, 11) is 1.53. The van der Waals surface area contributed by atoms with E-state index in [0.29, 0.717) is 21.9 Å². The van der Waals surface area contributed by atoms with E-state index in [0.717, 1.165) is 0 Å².